The Labute approximate surface area is 212 Å². The van der Waals surface area contributed by atoms with Crippen molar-refractivity contribution in [2.45, 2.75) is 13.5 Å². The van der Waals surface area contributed by atoms with Gasteiger partial charge in [-0.2, -0.15) is 0 Å². The minimum Gasteiger partial charge on any atom is -0.462 e. The number of aliphatic imine (C=N–C) groups is 1. The lowest BCUT2D eigenvalue weighted by molar-refractivity contribution is 0.0528. The van der Waals surface area contributed by atoms with Crippen molar-refractivity contribution in [1.29, 1.82) is 0 Å². The topological polar surface area (TPSA) is 113 Å². The highest BCUT2D eigenvalue weighted by atomic mass is 32.1. The first-order valence-corrected chi connectivity index (χ1v) is 12.2. The van der Waals surface area contributed by atoms with Crippen molar-refractivity contribution in [3.63, 3.8) is 0 Å². The first kappa shape index (κ1) is 23.3. The summed E-state index contributed by atoms with van der Waals surface area (Å²) < 4.78 is 12.7. The summed E-state index contributed by atoms with van der Waals surface area (Å²) in [6.07, 6.45) is 3.35. The van der Waals surface area contributed by atoms with Crippen molar-refractivity contribution in [1.82, 2.24) is 4.98 Å². The zero-order chi connectivity index (χ0) is 25.1. The van der Waals surface area contributed by atoms with Gasteiger partial charge < -0.3 is 20.9 Å². The van der Waals surface area contributed by atoms with Crippen molar-refractivity contribution in [2.75, 3.05) is 6.61 Å². The first-order chi connectivity index (χ1) is 17.5. The number of rotatable bonds is 7. The third kappa shape index (κ3) is 4.58. The molecule has 5 aromatic rings. The molecule has 36 heavy (non-hydrogen) atoms. The molecule has 0 atom stereocenters. The molecule has 2 aromatic heterocycles. The fourth-order valence-corrected chi connectivity index (χ4v) is 5.30. The van der Waals surface area contributed by atoms with Crippen LogP contribution in [-0.2, 0) is 11.3 Å². The Morgan fingerprint density at radius 2 is 1.75 bits per heavy atom. The highest BCUT2D eigenvalue weighted by Gasteiger charge is 2.23. The largest absolute Gasteiger partial charge is 0.462 e. The Bertz CT molecular complexity index is 1590. The number of fused-ring (bicyclic) bond motifs is 2. The highest BCUT2D eigenvalue weighted by Crippen LogP contribution is 2.43. The van der Waals surface area contributed by atoms with Crippen LogP contribution >= 0.6 is 11.3 Å². The summed E-state index contributed by atoms with van der Waals surface area (Å²) in [4.78, 5) is 22.0. The third-order valence-electron chi connectivity index (χ3n) is 5.71. The maximum Gasteiger partial charge on any atom is 0.339 e. The van der Waals surface area contributed by atoms with Gasteiger partial charge in [0.2, 0.25) is 0 Å². The van der Waals surface area contributed by atoms with Gasteiger partial charge in [0.25, 0.3) is 0 Å². The molecule has 0 saturated carbocycles. The molecule has 0 spiro atoms. The van der Waals surface area contributed by atoms with E-state index in [2.05, 4.69) is 40.3 Å². The predicted octanol–water partition coefficient (Wildman–Crippen LogP) is 5.86. The van der Waals surface area contributed by atoms with Gasteiger partial charge in [-0.15, -0.1) is 11.3 Å². The molecule has 0 bridgehead atoms. The minimum atomic E-state index is -0.419. The number of ether oxygens (including phenoxy) is 2. The van der Waals surface area contributed by atoms with Crippen molar-refractivity contribution < 1.29 is 14.3 Å². The third-order valence-corrected chi connectivity index (χ3v) is 6.84. The number of carbonyl (C=O) groups excluding carboxylic acids is 1. The molecule has 0 radical (unpaired) electrons. The summed E-state index contributed by atoms with van der Waals surface area (Å²) in [6.45, 7) is 2.21. The normalized spacial score (nSPS) is 10.9. The van der Waals surface area contributed by atoms with Crippen LogP contribution in [0.25, 0.3) is 32.0 Å². The smallest absolute Gasteiger partial charge is 0.339 e. The van der Waals surface area contributed by atoms with E-state index in [0.29, 0.717) is 17.1 Å². The molecule has 5 rings (SSSR count). The second-order valence-electron chi connectivity index (χ2n) is 8.02. The van der Waals surface area contributed by atoms with E-state index in [1.807, 2.05) is 24.3 Å². The number of nitrogens with two attached hydrogens (primary N) is 2. The highest BCUT2D eigenvalue weighted by molar-refractivity contribution is 7.19. The van der Waals surface area contributed by atoms with Crippen molar-refractivity contribution in [2.24, 2.45) is 16.5 Å². The summed E-state index contributed by atoms with van der Waals surface area (Å²) in [5.74, 6) is 0.791. The second kappa shape index (κ2) is 10.1. The predicted molar refractivity (Wildman–Crippen MR) is 145 cm³/mol. The number of guanidine groups is 1. The number of aromatic nitrogens is 1. The molecule has 7 nitrogen and oxygen atoms in total. The van der Waals surface area contributed by atoms with Crippen LogP contribution in [0.2, 0.25) is 0 Å². The van der Waals surface area contributed by atoms with E-state index >= 15 is 0 Å². The van der Waals surface area contributed by atoms with Crippen molar-refractivity contribution in [3.8, 4) is 22.6 Å². The number of benzene rings is 3. The molecule has 0 aliphatic carbocycles. The summed E-state index contributed by atoms with van der Waals surface area (Å²) >= 11 is 1.46. The number of nitrogens with zero attached hydrogens (tertiary/aromatic N) is 2. The molecule has 0 fully saturated rings. The van der Waals surface area contributed by atoms with Gasteiger partial charge in [-0.1, -0.05) is 42.5 Å². The molecule has 0 aliphatic rings. The summed E-state index contributed by atoms with van der Waals surface area (Å²) in [5, 5.41) is 2.95. The molecule has 8 heteroatoms. The Hall–Kier alpha value is -4.43. The number of thiophene rings is 1. The van der Waals surface area contributed by atoms with E-state index in [1.54, 1.807) is 31.5 Å². The van der Waals surface area contributed by atoms with Crippen LogP contribution < -0.4 is 16.2 Å². The summed E-state index contributed by atoms with van der Waals surface area (Å²) in [5.41, 5.74) is 13.5. The number of hydrogen-bond acceptors (Lipinski definition) is 6. The molecule has 2 heterocycles. The van der Waals surface area contributed by atoms with Crippen LogP contribution in [0.3, 0.4) is 0 Å². The maximum atomic E-state index is 13.0. The fraction of sp³-hybridized carbons (Fsp3) is 0.107. The van der Waals surface area contributed by atoms with Crippen molar-refractivity contribution >= 4 is 44.1 Å². The summed E-state index contributed by atoms with van der Waals surface area (Å²) in [6, 6.07) is 21.9. The summed E-state index contributed by atoms with van der Waals surface area (Å²) in [7, 11) is 0. The molecule has 0 aliphatic heterocycles. The lowest BCUT2D eigenvalue weighted by Crippen LogP contribution is -2.22. The van der Waals surface area contributed by atoms with Gasteiger partial charge in [-0.25, -0.2) is 9.79 Å². The monoisotopic (exact) mass is 496 g/mol. The SMILES string of the molecule is CCOC(=O)c1c(CN=C(N)N)sc2cc(-c3cccc4ccccc34)c(Oc3ccncc3)cc12. The van der Waals surface area contributed by atoms with Crippen LogP contribution in [-0.4, -0.2) is 23.5 Å². The van der Waals surface area contributed by atoms with Gasteiger partial charge in [0, 0.05) is 32.9 Å². The van der Waals surface area contributed by atoms with Crippen LogP contribution in [0.15, 0.2) is 84.1 Å². The van der Waals surface area contributed by atoms with Crippen LogP contribution in [0.4, 0.5) is 0 Å². The Morgan fingerprint density at radius 1 is 0.972 bits per heavy atom. The molecular formula is C28H24N4O3S. The number of esters is 1. The average molecular weight is 497 g/mol. The zero-order valence-electron chi connectivity index (χ0n) is 19.6. The van der Waals surface area contributed by atoms with E-state index in [-0.39, 0.29) is 19.1 Å². The average Bonchev–Trinajstić information content (AvgIpc) is 3.25. The van der Waals surface area contributed by atoms with Crippen molar-refractivity contribution in [3.05, 3.63) is 89.6 Å². The molecule has 4 N–H and O–H groups in total. The molecule has 180 valence electrons. The van der Waals surface area contributed by atoms with Gasteiger partial charge in [0.1, 0.15) is 11.5 Å². The number of carbonyl (C=O) groups is 1. The van der Waals surface area contributed by atoms with E-state index in [1.165, 1.54) is 11.3 Å². The quantitative estimate of drug-likeness (QED) is 0.166. The van der Waals surface area contributed by atoms with Gasteiger partial charge in [0.15, 0.2) is 5.96 Å². The molecule has 0 saturated heterocycles. The van der Waals surface area contributed by atoms with Gasteiger partial charge in [-0.3, -0.25) is 4.98 Å². The van der Waals surface area contributed by atoms with E-state index in [4.69, 9.17) is 20.9 Å². The van der Waals surface area contributed by atoms with E-state index < -0.39 is 5.97 Å². The molecule has 0 amide bonds. The Morgan fingerprint density at radius 3 is 2.53 bits per heavy atom. The van der Waals surface area contributed by atoms with E-state index in [9.17, 15) is 4.79 Å². The Balaban J connectivity index is 1.78. The first-order valence-electron chi connectivity index (χ1n) is 11.4. The standard InChI is InChI=1S/C28H24N4O3S/c1-2-34-27(33)26-22-14-23(35-18-10-12-31-13-11-18)21(15-24(22)36-25(26)16-32-28(29)30)20-9-5-7-17-6-3-4-8-19(17)20/h3-15H,2,16H2,1H3,(H4,29,30,32). The van der Waals surface area contributed by atoms with Crippen LogP contribution in [0, 0.1) is 0 Å². The molecule has 3 aromatic carbocycles. The molecule has 0 unspecified atom stereocenters. The van der Waals surface area contributed by atoms with Gasteiger partial charge in [0.05, 0.1) is 18.7 Å². The van der Waals surface area contributed by atoms with Gasteiger partial charge >= 0.3 is 5.97 Å². The lowest BCUT2D eigenvalue weighted by atomic mass is 9.96. The minimum absolute atomic E-state index is 0.0413. The van der Waals surface area contributed by atoms with Crippen LogP contribution in [0.5, 0.6) is 11.5 Å². The maximum absolute atomic E-state index is 13.0. The molecular weight excluding hydrogens is 472 g/mol. The fourth-order valence-electron chi connectivity index (χ4n) is 4.16. The van der Waals surface area contributed by atoms with Gasteiger partial charge in [-0.05, 0) is 47.5 Å². The van der Waals surface area contributed by atoms with Crippen LogP contribution in [0.1, 0.15) is 22.2 Å². The lowest BCUT2D eigenvalue weighted by Gasteiger charge is -2.14. The number of hydrogen-bond donors (Lipinski definition) is 2. The number of pyridine rings is 1. The zero-order valence-corrected chi connectivity index (χ0v) is 20.4. The van der Waals surface area contributed by atoms with E-state index in [0.717, 1.165) is 36.9 Å². The Kier molecular flexibility index (Phi) is 6.51. The second-order valence-corrected chi connectivity index (χ2v) is 9.15.